The summed E-state index contributed by atoms with van der Waals surface area (Å²) in [4.78, 5) is 22.3. The van der Waals surface area contributed by atoms with Crippen LogP contribution >= 0.6 is 11.8 Å². The third-order valence-electron chi connectivity index (χ3n) is 12.5. The van der Waals surface area contributed by atoms with Gasteiger partial charge in [-0.25, -0.2) is 8.42 Å². The Morgan fingerprint density at radius 1 is 0.909 bits per heavy atom. The molecule has 7 rings (SSSR count). The first-order valence-electron chi connectivity index (χ1n) is 20.4. The summed E-state index contributed by atoms with van der Waals surface area (Å²) in [5.74, 6) is 0.802. The highest BCUT2D eigenvalue weighted by Gasteiger charge is 2.36. The summed E-state index contributed by atoms with van der Waals surface area (Å²) in [5, 5.41) is 16.2. The van der Waals surface area contributed by atoms with E-state index in [0.717, 1.165) is 95.8 Å². The van der Waals surface area contributed by atoms with Crippen molar-refractivity contribution in [3.63, 3.8) is 0 Å². The van der Waals surface area contributed by atoms with Crippen LogP contribution in [0.3, 0.4) is 0 Å². The van der Waals surface area contributed by atoms with E-state index in [0.29, 0.717) is 48.1 Å². The molecule has 1 aromatic carbocycles. The number of amides is 1. The zero-order chi connectivity index (χ0) is 38.7. The number of benzene rings is 1. The number of rotatable bonds is 12. The average molecular weight is 810 g/mol. The van der Waals surface area contributed by atoms with Gasteiger partial charge < -0.3 is 24.7 Å². The van der Waals surface area contributed by atoms with Crippen molar-refractivity contribution < 1.29 is 31.5 Å². The first-order valence-corrected chi connectivity index (χ1v) is 23.2. The zero-order valence-electron chi connectivity index (χ0n) is 32.2. The molecule has 0 spiro atoms. The monoisotopic (exact) mass is 809 g/mol. The molecule has 11 nitrogen and oxygen atoms in total. The predicted molar refractivity (Wildman–Crippen MR) is 208 cm³/mol. The molecule has 0 aliphatic carbocycles. The molecule has 1 atom stereocenters. The van der Waals surface area contributed by atoms with Crippen LogP contribution in [0.15, 0.2) is 23.1 Å². The van der Waals surface area contributed by atoms with Crippen LogP contribution in [0.2, 0.25) is 0 Å². The van der Waals surface area contributed by atoms with Crippen molar-refractivity contribution in [1.29, 1.82) is 0 Å². The Morgan fingerprint density at radius 3 is 2.25 bits per heavy atom. The van der Waals surface area contributed by atoms with Gasteiger partial charge in [-0.3, -0.25) is 9.48 Å². The SMILES string of the molecule is CS(=O)(=O)N1CCc2c(c(-c3ccc(C(F)(F)F)c(SCCN4CCC(N5CCCC5)CC4)c3)nn2CC(O)CN2CCC(C(=O)N3CCCCC3)CC2)C1. The van der Waals surface area contributed by atoms with Gasteiger partial charge in [0.2, 0.25) is 15.9 Å². The summed E-state index contributed by atoms with van der Waals surface area (Å²) in [6, 6.07) is 4.74. The molecule has 1 aromatic heterocycles. The zero-order valence-corrected chi connectivity index (χ0v) is 33.8. The van der Waals surface area contributed by atoms with Crippen LogP contribution in [-0.4, -0.2) is 149 Å². The number of halogens is 3. The van der Waals surface area contributed by atoms with E-state index in [2.05, 4.69) is 14.7 Å². The lowest BCUT2D eigenvalue weighted by Crippen LogP contribution is -2.46. The predicted octanol–water partition coefficient (Wildman–Crippen LogP) is 4.62. The molecule has 5 aliphatic rings. The summed E-state index contributed by atoms with van der Waals surface area (Å²) < 4.78 is 71.4. The minimum absolute atomic E-state index is 0.0222. The fourth-order valence-corrected chi connectivity index (χ4v) is 11.3. The Morgan fingerprint density at radius 2 is 1.58 bits per heavy atom. The highest BCUT2D eigenvalue weighted by Crippen LogP contribution is 2.40. The Kier molecular flexibility index (Phi) is 13.2. The number of fused-ring (bicyclic) bond motifs is 1. The lowest BCUT2D eigenvalue weighted by atomic mass is 9.94. The van der Waals surface area contributed by atoms with Crippen molar-refractivity contribution in [2.75, 3.05) is 84.0 Å². The Balaban J connectivity index is 1.03. The molecule has 4 fully saturated rings. The molecule has 306 valence electrons. The van der Waals surface area contributed by atoms with Gasteiger partial charge in [0.05, 0.1) is 30.2 Å². The minimum Gasteiger partial charge on any atom is -0.390 e. The molecule has 0 bridgehead atoms. The Labute approximate surface area is 328 Å². The molecule has 0 saturated carbocycles. The van der Waals surface area contributed by atoms with Gasteiger partial charge in [-0.05, 0) is 109 Å². The number of hydrogen-bond donors (Lipinski definition) is 1. The molecular weight excluding hydrogens is 752 g/mol. The number of aliphatic hydroxyl groups excluding tert-OH is 1. The molecule has 6 heterocycles. The molecule has 16 heteroatoms. The number of carbonyl (C=O) groups is 1. The van der Waals surface area contributed by atoms with Crippen LogP contribution in [0.25, 0.3) is 11.3 Å². The normalized spacial score (nSPS) is 22.7. The number of nitrogens with zero attached hydrogens (tertiary/aromatic N) is 7. The lowest BCUT2D eigenvalue weighted by molar-refractivity contribution is -0.140. The van der Waals surface area contributed by atoms with Gasteiger partial charge in [-0.15, -0.1) is 11.8 Å². The van der Waals surface area contributed by atoms with Crippen LogP contribution in [0.1, 0.15) is 74.6 Å². The third kappa shape index (κ3) is 10.1. The molecule has 4 saturated heterocycles. The molecule has 55 heavy (non-hydrogen) atoms. The topological polar surface area (TPSA) is 105 Å². The Bertz CT molecular complexity index is 1730. The summed E-state index contributed by atoms with van der Waals surface area (Å²) >= 11 is 1.21. The molecule has 0 radical (unpaired) electrons. The molecule has 2 aromatic rings. The second-order valence-electron chi connectivity index (χ2n) is 16.3. The van der Waals surface area contributed by atoms with Crippen LogP contribution < -0.4 is 0 Å². The fourth-order valence-electron chi connectivity index (χ4n) is 9.35. The standard InChI is InChI=1S/C39H58F3N7O4S2/c1-55(52,53)48-22-13-35-33(28-48)37(43-49(35)27-32(50)26-45-18-9-29(10-19-45)38(51)47-16-3-2-4-17-47)30-7-8-34(39(40,41)42)36(25-30)54-24-23-44-20-11-31(12-21-44)46-14-5-6-15-46/h7-8,25,29,31-32,50H,2-6,9-24,26-28H2,1H3. The highest BCUT2D eigenvalue weighted by molar-refractivity contribution is 7.99. The largest absolute Gasteiger partial charge is 0.417 e. The van der Waals surface area contributed by atoms with E-state index in [4.69, 9.17) is 5.10 Å². The van der Waals surface area contributed by atoms with E-state index in [1.54, 1.807) is 10.7 Å². The summed E-state index contributed by atoms with van der Waals surface area (Å²) in [5.41, 5.74) is 1.73. The van der Waals surface area contributed by atoms with E-state index in [-0.39, 0.29) is 36.4 Å². The van der Waals surface area contributed by atoms with Gasteiger partial charge in [0.1, 0.15) is 0 Å². The van der Waals surface area contributed by atoms with Gasteiger partial charge in [0, 0.05) is 85.1 Å². The van der Waals surface area contributed by atoms with E-state index in [1.165, 1.54) is 54.5 Å². The highest BCUT2D eigenvalue weighted by atomic mass is 32.2. The maximum absolute atomic E-state index is 14.3. The molecular formula is C39H58F3N7O4S2. The van der Waals surface area contributed by atoms with Gasteiger partial charge in [-0.2, -0.15) is 22.6 Å². The smallest absolute Gasteiger partial charge is 0.390 e. The second-order valence-corrected chi connectivity index (χ2v) is 19.4. The number of piperidine rings is 3. The minimum atomic E-state index is -4.53. The number of sulfonamides is 1. The average Bonchev–Trinajstić information content (AvgIpc) is 3.84. The molecule has 5 aliphatic heterocycles. The van der Waals surface area contributed by atoms with Gasteiger partial charge in [0.25, 0.3) is 0 Å². The number of likely N-dealkylation sites (tertiary alicyclic amines) is 4. The van der Waals surface area contributed by atoms with Crippen molar-refractivity contribution in [1.82, 2.24) is 33.7 Å². The summed E-state index contributed by atoms with van der Waals surface area (Å²) in [6.07, 6.45) is 5.80. The number of β-amino-alcohol motifs (C(OH)–C–C–N with tert-alkyl or cyclic N) is 1. The maximum Gasteiger partial charge on any atom is 0.417 e. The lowest BCUT2D eigenvalue weighted by Gasteiger charge is -2.36. The first-order chi connectivity index (χ1) is 26.3. The van der Waals surface area contributed by atoms with Crippen molar-refractivity contribution in [3.8, 4) is 11.3 Å². The van der Waals surface area contributed by atoms with Crippen LogP contribution in [0.5, 0.6) is 0 Å². The fraction of sp³-hybridized carbons (Fsp3) is 0.744. The van der Waals surface area contributed by atoms with E-state index >= 15 is 0 Å². The number of hydrogen-bond acceptors (Lipinski definition) is 9. The van der Waals surface area contributed by atoms with Crippen molar-refractivity contribution >= 4 is 27.7 Å². The van der Waals surface area contributed by atoms with Crippen LogP contribution in [0.4, 0.5) is 13.2 Å². The number of thioether (sulfide) groups is 1. The van der Waals surface area contributed by atoms with Gasteiger partial charge >= 0.3 is 6.18 Å². The van der Waals surface area contributed by atoms with Crippen molar-refractivity contribution in [3.05, 3.63) is 35.0 Å². The Hall–Kier alpha value is -2.21. The van der Waals surface area contributed by atoms with Gasteiger partial charge in [0.15, 0.2) is 0 Å². The molecule has 1 amide bonds. The number of alkyl halides is 3. The second kappa shape index (κ2) is 17.7. The van der Waals surface area contributed by atoms with E-state index in [9.17, 15) is 31.5 Å². The third-order valence-corrected chi connectivity index (χ3v) is 14.8. The van der Waals surface area contributed by atoms with Crippen LogP contribution in [0, 0.1) is 5.92 Å². The molecule has 1 unspecified atom stereocenters. The summed E-state index contributed by atoms with van der Waals surface area (Å²) in [7, 11) is -3.53. The van der Waals surface area contributed by atoms with Crippen molar-refractivity contribution in [2.24, 2.45) is 5.92 Å². The number of carbonyl (C=O) groups excluding carboxylic acids is 1. The maximum atomic E-state index is 14.3. The van der Waals surface area contributed by atoms with Gasteiger partial charge in [-0.1, -0.05) is 6.07 Å². The van der Waals surface area contributed by atoms with Crippen molar-refractivity contribution in [2.45, 2.75) is 101 Å². The van der Waals surface area contributed by atoms with Crippen LogP contribution in [-0.2, 0) is 40.5 Å². The first kappa shape index (κ1) is 41.0. The summed E-state index contributed by atoms with van der Waals surface area (Å²) in [6.45, 7) is 8.99. The number of aromatic nitrogens is 2. The van der Waals surface area contributed by atoms with E-state index in [1.807, 2.05) is 4.90 Å². The molecule has 1 N–H and O–H groups in total. The van der Waals surface area contributed by atoms with E-state index < -0.39 is 27.9 Å². The quantitative estimate of drug-likeness (QED) is 0.308. The number of aliphatic hydroxyl groups is 1.